The van der Waals surface area contributed by atoms with E-state index < -0.39 is 21.3 Å². The minimum atomic E-state index is -10.7. The maximum absolute atomic E-state index is 10.7. The Morgan fingerprint density at radius 3 is 1.76 bits per heavy atom. The van der Waals surface area contributed by atoms with Crippen LogP contribution in [0.3, 0.4) is 0 Å². The van der Waals surface area contributed by atoms with Gasteiger partial charge in [-0.3, -0.25) is 0 Å². The first-order valence-corrected chi connectivity index (χ1v) is 23.0. The van der Waals surface area contributed by atoms with E-state index in [1.807, 2.05) is 42.7 Å². The van der Waals surface area contributed by atoms with Crippen molar-refractivity contribution in [1.82, 2.24) is 0 Å². The average Bonchev–Trinajstić information content (AvgIpc) is 3.22. The number of hydrogen-bond acceptors (Lipinski definition) is 2. The summed E-state index contributed by atoms with van der Waals surface area (Å²) < 4.78 is 70.1. The molecule has 278 valence electrons. The van der Waals surface area contributed by atoms with Crippen molar-refractivity contribution >= 4 is 49.5 Å². The van der Waals surface area contributed by atoms with Gasteiger partial charge < -0.3 is 14.0 Å². The summed E-state index contributed by atoms with van der Waals surface area (Å²) in [6, 6.07) is 17.3. The van der Waals surface area contributed by atoms with Crippen molar-refractivity contribution in [3.63, 3.8) is 0 Å². The first-order valence-electron chi connectivity index (χ1n) is 15.4. The Labute approximate surface area is 300 Å². The van der Waals surface area contributed by atoms with Crippen LogP contribution >= 0.6 is 27.2 Å². The Bertz CT molecular complexity index is 1650. The molecule has 0 spiro atoms. The summed E-state index contributed by atoms with van der Waals surface area (Å²) in [5.74, 6) is 0.850. The predicted molar refractivity (Wildman–Crippen MR) is 193 cm³/mol. The zero-order valence-electron chi connectivity index (χ0n) is 29.8. The van der Waals surface area contributed by atoms with E-state index in [1.165, 1.54) is 44.8 Å². The molecule has 0 N–H and O–H groups in total. The zero-order chi connectivity index (χ0) is 37.8. The van der Waals surface area contributed by atoms with E-state index in [2.05, 4.69) is 103 Å². The number of benzene rings is 3. The molecular formula is C35H48Cl2F6N3OPRu. The van der Waals surface area contributed by atoms with Crippen molar-refractivity contribution < 1.29 is 52.5 Å². The van der Waals surface area contributed by atoms with Gasteiger partial charge in [0.05, 0.1) is 21.1 Å². The number of halogens is 8. The van der Waals surface area contributed by atoms with Gasteiger partial charge in [-0.25, -0.2) is 0 Å². The number of para-hydroxylation sites is 1. The third-order valence-corrected chi connectivity index (χ3v) is 8.83. The average molecular weight is 844 g/mol. The zero-order valence-corrected chi connectivity index (χ0v) is 34.0. The number of rotatable bonds is 7. The molecule has 4 nitrogen and oxygen atoms in total. The second-order valence-electron chi connectivity index (χ2n) is 13.7. The fourth-order valence-electron chi connectivity index (χ4n) is 5.85. The van der Waals surface area contributed by atoms with Crippen LogP contribution in [0.15, 0.2) is 48.5 Å². The Balaban J connectivity index is 0.000000329. The molecule has 0 aromatic heterocycles. The van der Waals surface area contributed by atoms with Gasteiger partial charge in [0.1, 0.15) is 13.1 Å². The van der Waals surface area contributed by atoms with Gasteiger partial charge in [0.25, 0.3) is 0 Å². The van der Waals surface area contributed by atoms with Gasteiger partial charge >= 0.3 is 131 Å². The summed E-state index contributed by atoms with van der Waals surface area (Å²) in [6.45, 7) is 19.3. The molecule has 0 saturated carbocycles. The number of aryl methyl sites for hydroxylation is 6. The van der Waals surface area contributed by atoms with E-state index in [0.29, 0.717) is 6.04 Å². The molecular weight excluding hydrogens is 795 g/mol. The molecule has 0 aliphatic carbocycles. The number of quaternary nitrogens is 1. The number of ether oxygens (including phenoxy) is 1. The van der Waals surface area contributed by atoms with Crippen LogP contribution in [0, 0.1) is 41.5 Å². The van der Waals surface area contributed by atoms with Gasteiger partial charge in [0, 0.05) is 11.4 Å². The van der Waals surface area contributed by atoms with E-state index in [0.717, 1.165) is 28.9 Å². The molecule has 49 heavy (non-hydrogen) atoms. The Morgan fingerprint density at radius 2 is 1.33 bits per heavy atom. The first-order chi connectivity index (χ1) is 22.0. The van der Waals surface area contributed by atoms with Crippen LogP contribution in [0.1, 0.15) is 52.8 Å². The molecule has 14 heteroatoms. The third kappa shape index (κ3) is 16.2. The van der Waals surface area contributed by atoms with Gasteiger partial charge in [-0.2, -0.15) is 0 Å². The molecule has 1 heterocycles. The normalized spacial score (nSPS) is 16.4. The molecule has 0 fully saturated rings. The van der Waals surface area contributed by atoms with E-state index in [1.54, 1.807) is 0 Å². The molecule has 0 bridgehead atoms. The van der Waals surface area contributed by atoms with E-state index >= 15 is 0 Å². The Morgan fingerprint density at radius 1 is 0.878 bits per heavy atom. The molecule has 1 aliphatic rings. The molecule has 1 aliphatic heterocycles. The van der Waals surface area contributed by atoms with Crippen molar-refractivity contribution in [2.45, 2.75) is 67.5 Å². The van der Waals surface area contributed by atoms with Gasteiger partial charge in [-0.15, -0.1) is 0 Å². The SMILES string of the molecule is CC(C)Oc1ccccc1[CH]=[Ru]([Cl])[Cl].Cc1cc(C)c(N2[C-]=[N+](c3c(C)cc(C)cc3C)C(C[N+](C)(C)C)C2)c(C)c1.F[P-](F)(F)(F)(F)F. The summed E-state index contributed by atoms with van der Waals surface area (Å²) in [5, 5.41) is 0. The summed E-state index contributed by atoms with van der Waals surface area (Å²) in [4.78, 5) is 2.35. The van der Waals surface area contributed by atoms with Crippen LogP contribution in [0.25, 0.3) is 0 Å². The van der Waals surface area contributed by atoms with Crippen LogP contribution in [-0.4, -0.2) is 66.4 Å². The molecule has 4 rings (SSSR count). The van der Waals surface area contributed by atoms with Gasteiger partial charge in [-0.05, 0) is 41.5 Å². The van der Waals surface area contributed by atoms with E-state index in [4.69, 9.17) is 24.1 Å². The maximum atomic E-state index is 9.87. The van der Waals surface area contributed by atoms with E-state index in [9.17, 15) is 25.2 Å². The number of anilines is 1. The summed E-state index contributed by atoms with van der Waals surface area (Å²) in [7, 11) is 7.81. The van der Waals surface area contributed by atoms with Crippen LogP contribution in [-0.2, 0) is 13.5 Å². The molecule has 0 radical (unpaired) electrons. The van der Waals surface area contributed by atoms with Gasteiger partial charge in [0.15, 0.2) is 6.04 Å². The van der Waals surface area contributed by atoms with Gasteiger partial charge in [-0.1, -0.05) is 57.6 Å². The number of likely N-dealkylation sites (N-methyl/N-ethyl adjacent to an activating group) is 1. The second-order valence-corrected chi connectivity index (χ2v) is 21.3. The molecule has 0 amide bonds. The molecule has 3 aromatic carbocycles. The Hall–Kier alpha value is -2.03. The van der Waals surface area contributed by atoms with Crippen LogP contribution in [0.2, 0.25) is 0 Å². The number of hydrogen-bond donors (Lipinski definition) is 0. The summed E-state index contributed by atoms with van der Waals surface area (Å²) in [6.07, 6.45) is 3.92. The van der Waals surface area contributed by atoms with Crippen LogP contribution in [0.4, 0.5) is 36.6 Å². The van der Waals surface area contributed by atoms with Crippen molar-refractivity contribution in [2.75, 3.05) is 39.1 Å². The fraction of sp³-hybridized carbons (Fsp3) is 0.429. The third-order valence-electron chi connectivity index (χ3n) is 7.00. The summed E-state index contributed by atoms with van der Waals surface area (Å²) in [5.41, 5.74) is 11.6. The second kappa shape index (κ2) is 15.7. The van der Waals surface area contributed by atoms with Crippen molar-refractivity contribution in [3.05, 3.63) is 87.5 Å². The van der Waals surface area contributed by atoms with Crippen LogP contribution in [0.5, 0.6) is 5.75 Å². The molecule has 3 aromatic rings. The first kappa shape index (κ1) is 43.1. The molecule has 1 unspecified atom stereocenters. The molecule has 1 atom stereocenters. The minimum absolute atomic E-state index is 0.163. The Kier molecular flexibility index (Phi) is 13.8. The van der Waals surface area contributed by atoms with Crippen molar-refractivity contribution in [3.8, 4) is 5.75 Å². The quantitative estimate of drug-likeness (QED) is 0.0588. The number of nitrogens with zero attached hydrogens (tertiary/aromatic N) is 3. The molecule has 0 saturated heterocycles. The van der Waals surface area contributed by atoms with E-state index in [-0.39, 0.29) is 6.10 Å². The monoisotopic (exact) mass is 843 g/mol. The predicted octanol–water partition coefficient (Wildman–Crippen LogP) is 11.6. The fourth-order valence-corrected chi connectivity index (χ4v) is 7.66. The summed E-state index contributed by atoms with van der Waals surface area (Å²) >= 11 is -1.77. The standard InChI is InChI=1S/C25H36N3.C10H12O.2ClH.F6P.Ru/c1-17-10-19(3)24(20(4)11-17)26-14-23(15-28(7,8)9)27(16-26)25-21(5)12-18(2)13-22(25)6;1-8(2)11-10-7-5-4-6-9(10)3;;;1-7(2,3,4,5)6;/h10-13,23H,14-15H2,1-9H3;3-8H,1-2H3;2*1H;;/q+1;;;;-1;+2/p-2. The van der Waals surface area contributed by atoms with Gasteiger partial charge in [0.2, 0.25) is 6.34 Å². The van der Waals surface area contributed by atoms with Crippen molar-refractivity contribution in [1.29, 1.82) is 0 Å². The van der Waals surface area contributed by atoms with Crippen LogP contribution < -0.4 is 9.64 Å². The topological polar surface area (TPSA) is 15.5 Å². The van der Waals surface area contributed by atoms with Crippen molar-refractivity contribution in [2.24, 2.45) is 0 Å².